The van der Waals surface area contributed by atoms with Crippen molar-refractivity contribution in [3.8, 4) is 0 Å². The predicted octanol–water partition coefficient (Wildman–Crippen LogP) is 4.50. The molecule has 23 heavy (non-hydrogen) atoms. The third-order valence-corrected chi connectivity index (χ3v) is 3.96. The van der Waals surface area contributed by atoms with E-state index in [0.29, 0.717) is 12.8 Å². The van der Waals surface area contributed by atoms with E-state index in [1.54, 1.807) is 0 Å². The zero-order chi connectivity index (χ0) is 18.3. The molecule has 0 aromatic rings. The molecule has 0 saturated heterocycles. The molecule has 1 rings (SSSR count). The largest absolute Gasteiger partial charge is 0.459 e. The Kier molecular flexibility index (Phi) is 5.30. The van der Waals surface area contributed by atoms with Gasteiger partial charge in [0, 0.05) is 0 Å². The lowest BCUT2D eigenvalue weighted by Crippen LogP contribution is -2.52. The summed E-state index contributed by atoms with van der Waals surface area (Å²) in [6, 6.07) is 0. The highest BCUT2D eigenvalue weighted by molar-refractivity contribution is 6.00. The molecule has 0 heterocycles. The van der Waals surface area contributed by atoms with Crippen molar-refractivity contribution in [1.82, 2.24) is 0 Å². The van der Waals surface area contributed by atoms with Gasteiger partial charge in [-0.3, -0.25) is 9.59 Å². The second-order valence-electron chi connectivity index (χ2n) is 9.94. The van der Waals surface area contributed by atoms with E-state index in [1.807, 2.05) is 41.5 Å². The van der Waals surface area contributed by atoms with Gasteiger partial charge in [-0.15, -0.1) is 0 Å². The standard InChI is InChI=1S/C19H34O4/c1-13-10-18(8,9)12-19(11-13,14(20)22-16(2,3)4)15(21)23-17(5,6)7/h13H,10-12H2,1-9H3. The van der Waals surface area contributed by atoms with Gasteiger partial charge in [0.25, 0.3) is 0 Å². The maximum absolute atomic E-state index is 13.0. The first-order valence-electron chi connectivity index (χ1n) is 8.53. The van der Waals surface area contributed by atoms with Crippen LogP contribution in [0.1, 0.15) is 81.6 Å². The fraction of sp³-hybridized carbons (Fsp3) is 0.895. The van der Waals surface area contributed by atoms with E-state index < -0.39 is 28.6 Å². The SMILES string of the molecule is CC1CC(C)(C)CC(C(=O)OC(C)(C)C)(C(=O)OC(C)(C)C)C1. The topological polar surface area (TPSA) is 52.6 Å². The third kappa shape index (κ3) is 5.50. The highest BCUT2D eigenvalue weighted by Crippen LogP contribution is 2.50. The van der Waals surface area contributed by atoms with Crippen LogP contribution in [0.15, 0.2) is 0 Å². The summed E-state index contributed by atoms with van der Waals surface area (Å²) in [6.45, 7) is 17.2. The Hall–Kier alpha value is -1.06. The second kappa shape index (κ2) is 6.10. The average Bonchev–Trinajstić information content (AvgIpc) is 2.20. The van der Waals surface area contributed by atoms with Gasteiger partial charge in [0.2, 0.25) is 0 Å². The number of rotatable bonds is 2. The zero-order valence-corrected chi connectivity index (χ0v) is 16.3. The Morgan fingerprint density at radius 1 is 0.870 bits per heavy atom. The van der Waals surface area contributed by atoms with Gasteiger partial charge in [0.1, 0.15) is 11.2 Å². The molecule has 0 spiro atoms. The quantitative estimate of drug-likeness (QED) is 0.554. The Labute approximate surface area is 141 Å². The van der Waals surface area contributed by atoms with Gasteiger partial charge in [-0.2, -0.15) is 0 Å². The summed E-state index contributed by atoms with van der Waals surface area (Å²) < 4.78 is 11.2. The Morgan fingerprint density at radius 3 is 1.57 bits per heavy atom. The van der Waals surface area contributed by atoms with Crippen molar-refractivity contribution in [1.29, 1.82) is 0 Å². The van der Waals surface area contributed by atoms with Crippen LogP contribution in [0.25, 0.3) is 0 Å². The van der Waals surface area contributed by atoms with Crippen molar-refractivity contribution < 1.29 is 19.1 Å². The van der Waals surface area contributed by atoms with E-state index in [-0.39, 0.29) is 11.3 Å². The van der Waals surface area contributed by atoms with Crippen molar-refractivity contribution >= 4 is 11.9 Å². The van der Waals surface area contributed by atoms with Crippen molar-refractivity contribution in [3.63, 3.8) is 0 Å². The fourth-order valence-electron chi connectivity index (χ4n) is 3.72. The fourth-order valence-corrected chi connectivity index (χ4v) is 3.72. The van der Waals surface area contributed by atoms with E-state index in [4.69, 9.17) is 9.47 Å². The van der Waals surface area contributed by atoms with Crippen molar-refractivity contribution in [2.75, 3.05) is 0 Å². The highest BCUT2D eigenvalue weighted by Gasteiger charge is 2.56. The van der Waals surface area contributed by atoms with E-state index in [2.05, 4.69) is 20.8 Å². The number of esters is 2. The second-order valence-corrected chi connectivity index (χ2v) is 9.94. The van der Waals surface area contributed by atoms with E-state index in [1.165, 1.54) is 0 Å². The number of hydrogen-bond acceptors (Lipinski definition) is 4. The minimum atomic E-state index is -1.21. The molecule has 1 saturated carbocycles. The molecule has 0 N–H and O–H groups in total. The molecule has 134 valence electrons. The smallest absolute Gasteiger partial charge is 0.324 e. The summed E-state index contributed by atoms with van der Waals surface area (Å²) in [5, 5.41) is 0. The summed E-state index contributed by atoms with van der Waals surface area (Å²) in [4.78, 5) is 25.9. The Bertz CT molecular complexity index is 435. The molecular formula is C19H34O4. The molecule has 1 aliphatic carbocycles. The predicted molar refractivity (Wildman–Crippen MR) is 90.9 cm³/mol. The van der Waals surface area contributed by atoms with Crippen LogP contribution in [-0.4, -0.2) is 23.1 Å². The van der Waals surface area contributed by atoms with E-state index in [0.717, 1.165) is 6.42 Å². The molecule has 1 unspecified atom stereocenters. The zero-order valence-electron chi connectivity index (χ0n) is 16.3. The first kappa shape index (κ1) is 20.0. The summed E-state index contributed by atoms with van der Waals surface area (Å²) in [6.07, 6.45) is 1.94. The van der Waals surface area contributed by atoms with Crippen LogP contribution in [0, 0.1) is 16.7 Å². The average molecular weight is 326 g/mol. The van der Waals surface area contributed by atoms with Gasteiger partial charge in [0.15, 0.2) is 5.41 Å². The van der Waals surface area contributed by atoms with Crippen molar-refractivity contribution in [2.45, 2.75) is 92.8 Å². The normalized spacial score (nSPS) is 24.0. The molecular weight excluding hydrogens is 292 g/mol. The molecule has 4 heteroatoms. The minimum absolute atomic E-state index is 0.106. The molecule has 1 fully saturated rings. The third-order valence-electron chi connectivity index (χ3n) is 3.96. The van der Waals surface area contributed by atoms with Crippen LogP contribution in [0.2, 0.25) is 0 Å². The lowest BCUT2D eigenvalue weighted by molar-refractivity contribution is -0.193. The lowest BCUT2D eigenvalue weighted by Gasteiger charge is -2.45. The maximum atomic E-state index is 13.0. The minimum Gasteiger partial charge on any atom is -0.459 e. The molecule has 0 amide bonds. The van der Waals surface area contributed by atoms with Gasteiger partial charge in [-0.05, 0) is 72.1 Å². The van der Waals surface area contributed by atoms with Crippen LogP contribution in [0.3, 0.4) is 0 Å². The van der Waals surface area contributed by atoms with Gasteiger partial charge in [0.05, 0.1) is 0 Å². The highest BCUT2D eigenvalue weighted by atomic mass is 16.6. The lowest BCUT2D eigenvalue weighted by atomic mass is 9.60. The van der Waals surface area contributed by atoms with Crippen LogP contribution in [0.5, 0.6) is 0 Å². The van der Waals surface area contributed by atoms with Gasteiger partial charge in [-0.25, -0.2) is 0 Å². The molecule has 0 radical (unpaired) electrons. The number of carbonyl (C=O) groups excluding carboxylic acids is 2. The molecule has 0 bridgehead atoms. The van der Waals surface area contributed by atoms with Gasteiger partial charge < -0.3 is 9.47 Å². The van der Waals surface area contributed by atoms with Crippen LogP contribution in [0.4, 0.5) is 0 Å². The Balaban J connectivity index is 3.25. The van der Waals surface area contributed by atoms with Gasteiger partial charge >= 0.3 is 11.9 Å². The summed E-state index contributed by atoms with van der Waals surface area (Å²) in [5.74, 6) is -0.628. The van der Waals surface area contributed by atoms with E-state index >= 15 is 0 Å². The summed E-state index contributed by atoms with van der Waals surface area (Å²) in [7, 11) is 0. The van der Waals surface area contributed by atoms with Crippen molar-refractivity contribution in [3.05, 3.63) is 0 Å². The Morgan fingerprint density at radius 2 is 1.26 bits per heavy atom. The molecule has 0 aliphatic heterocycles. The molecule has 1 aliphatic rings. The number of carbonyl (C=O) groups is 2. The summed E-state index contributed by atoms with van der Waals surface area (Å²) in [5.41, 5.74) is -2.57. The van der Waals surface area contributed by atoms with Crippen molar-refractivity contribution in [2.24, 2.45) is 16.7 Å². The van der Waals surface area contributed by atoms with Crippen LogP contribution >= 0.6 is 0 Å². The number of hydrogen-bond donors (Lipinski definition) is 0. The molecule has 4 nitrogen and oxygen atoms in total. The molecule has 0 aromatic carbocycles. The van der Waals surface area contributed by atoms with Crippen LogP contribution < -0.4 is 0 Å². The van der Waals surface area contributed by atoms with Gasteiger partial charge in [-0.1, -0.05) is 20.8 Å². The number of ether oxygens (including phenoxy) is 2. The first-order valence-corrected chi connectivity index (χ1v) is 8.53. The summed E-state index contributed by atoms with van der Waals surface area (Å²) >= 11 is 0. The molecule has 1 atom stereocenters. The van der Waals surface area contributed by atoms with Crippen LogP contribution in [-0.2, 0) is 19.1 Å². The molecule has 0 aromatic heterocycles. The first-order chi connectivity index (χ1) is 10.1. The van der Waals surface area contributed by atoms with E-state index in [9.17, 15) is 9.59 Å². The maximum Gasteiger partial charge on any atom is 0.324 e. The monoisotopic (exact) mass is 326 g/mol.